The van der Waals surface area contributed by atoms with Gasteiger partial charge in [0.2, 0.25) is 10.0 Å². The molecule has 4 nitrogen and oxygen atoms in total. The summed E-state index contributed by atoms with van der Waals surface area (Å²) in [5.74, 6) is 0.200. The lowest BCUT2D eigenvalue weighted by atomic mass is 10.0. The third-order valence-electron chi connectivity index (χ3n) is 3.82. The highest BCUT2D eigenvalue weighted by Gasteiger charge is 2.19. The second-order valence-electron chi connectivity index (χ2n) is 5.69. The summed E-state index contributed by atoms with van der Waals surface area (Å²) in [6.45, 7) is 3.84. The number of aryl methyl sites for hydroxylation is 1. The summed E-state index contributed by atoms with van der Waals surface area (Å²) in [6, 6.07) is 10.8. The number of hydrogen-bond donors (Lipinski definition) is 1. The van der Waals surface area contributed by atoms with Crippen LogP contribution in [0.25, 0.3) is 0 Å². The zero-order valence-corrected chi connectivity index (χ0v) is 14.9. The lowest BCUT2D eigenvalue weighted by Gasteiger charge is -2.19. The molecule has 2 aromatic rings. The number of rotatable bonds is 7. The monoisotopic (exact) mass is 351 g/mol. The minimum atomic E-state index is -3.54. The highest BCUT2D eigenvalue weighted by molar-refractivity contribution is 7.88. The van der Waals surface area contributed by atoms with Gasteiger partial charge in [0.15, 0.2) is 0 Å². The Morgan fingerprint density at radius 2 is 1.83 bits per heavy atom. The maximum absolute atomic E-state index is 12.9. The predicted octanol–water partition coefficient (Wildman–Crippen LogP) is 3.71. The van der Waals surface area contributed by atoms with Crippen molar-refractivity contribution in [1.82, 2.24) is 4.72 Å². The Hall–Kier alpha value is -1.92. The average molecular weight is 351 g/mol. The molecule has 0 saturated heterocycles. The van der Waals surface area contributed by atoms with Crippen LogP contribution in [0.15, 0.2) is 42.5 Å². The number of halogens is 1. The first kappa shape index (κ1) is 18.4. The molecule has 0 saturated carbocycles. The van der Waals surface area contributed by atoms with Crippen molar-refractivity contribution in [2.24, 2.45) is 0 Å². The molecule has 0 aliphatic heterocycles. The zero-order valence-electron chi connectivity index (χ0n) is 14.0. The van der Waals surface area contributed by atoms with Crippen molar-refractivity contribution in [3.05, 3.63) is 65.0 Å². The average Bonchev–Trinajstić information content (AvgIpc) is 2.54. The minimum absolute atomic E-state index is 0.182. The fourth-order valence-electron chi connectivity index (χ4n) is 2.56. The van der Waals surface area contributed by atoms with Crippen molar-refractivity contribution in [2.45, 2.75) is 32.1 Å². The van der Waals surface area contributed by atoms with Crippen LogP contribution in [0.5, 0.6) is 5.75 Å². The molecule has 2 aromatic carbocycles. The molecule has 1 unspecified atom stereocenters. The number of benzene rings is 2. The Labute approximate surface area is 142 Å². The van der Waals surface area contributed by atoms with Crippen LogP contribution in [0.3, 0.4) is 0 Å². The van der Waals surface area contributed by atoms with Crippen molar-refractivity contribution < 1.29 is 17.5 Å². The smallest absolute Gasteiger partial charge is 0.216 e. The first-order valence-electron chi connectivity index (χ1n) is 7.73. The van der Waals surface area contributed by atoms with Gasteiger partial charge < -0.3 is 4.74 Å². The van der Waals surface area contributed by atoms with Gasteiger partial charge in [-0.15, -0.1) is 0 Å². The molecule has 0 bridgehead atoms. The van der Waals surface area contributed by atoms with Crippen LogP contribution < -0.4 is 9.46 Å². The molecule has 130 valence electrons. The molecule has 1 atom stereocenters. The van der Waals surface area contributed by atoms with E-state index in [9.17, 15) is 12.8 Å². The van der Waals surface area contributed by atoms with Crippen LogP contribution >= 0.6 is 0 Å². The number of hydrogen-bond acceptors (Lipinski definition) is 3. The van der Waals surface area contributed by atoms with Crippen LogP contribution in [0, 0.1) is 12.7 Å². The number of nitrogens with one attached hydrogen (secondary N) is 1. The van der Waals surface area contributed by atoms with E-state index in [1.54, 1.807) is 7.11 Å². The first-order valence-corrected chi connectivity index (χ1v) is 9.39. The van der Waals surface area contributed by atoms with E-state index in [2.05, 4.69) is 4.72 Å². The quantitative estimate of drug-likeness (QED) is 0.827. The van der Waals surface area contributed by atoms with Crippen molar-refractivity contribution in [3.8, 4) is 5.75 Å². The SMILES string of the molecule is CCC(NS(=O)(=O)Cc1ccc(F)cc1)c1ccc(OC)c(C)c1. The van der Waals surface area contributed by atoms with Crippen LogP contribution in [0.1, 0.15) is 36.1 Å². The Morgan fingerprint density at radius 3 is 2.38 bits per heavy atom. The van der Waals surface area contributed by atoms with Crippen molar-refractivity contribution in [1.29, 1.82) is 0 Å². The second kappa shape index (κ2) is 7.77. The standard InChI is InChI=1S/C18H22FNO3S/c1-4-17(15-7-10-18(23-3)13(2)11-15)20-24(21,22)12-14-5-8-16(19)9-6-14/h5-11,17,20H,4,12H2,1-3H3. The predicted molar refractivity (Wildman–Crippen MR) is 92.9 cm³/mol. The van der Waals surface area contributed by atoms with E-state index >= 15 is 0 Å². The van der Waals surface area contributed by atoms with Gasteiger partial charge in [-0.2, -0.15) is 0 Å². The van der Waals surface area contributed by atoms with E-state index < -0.39 is 10.0 Å². The van der Waals surface area contributed by atoms with E-state index in [-0.39, 0.29) is 17.6 Å². The molecule has 0 aliphatic rings. The third kappa shape index (κ3) is 4.79. The zero-order chi connectivity index (χ0) is 17.7. The summed E-state index contributed by atoms with van der Waals surface area (Å²) in [6.07, 6.45) is 0.619. The molecule has 6 heteroatoms. The van der Waals surface area contributed by atoms with Gasteiger partial charge in [0.1, 0.15) is 11.6 Å². The normalized spacial score (nSPS) is 12.8. The van der Waals surface area contributed by atoms with Gasteiger partial charge in [0.25, 0.3) is 0 Å². The fourth-order valence-corrected chi connectivity index (χ4v) is 4.01. The molecule has 0 heterocycles. The summed E-state index contributed by atoms with van der Waals surface area (Å²) in [5.41, 5.74) is 2.38. The first-order chi connectivity index (χ1) is 11.3. The van der Waals surface area contributed by atoms with Gasteiger partial charge >= 0.3 is 0 Å². The number of sulfonamides is 1. The molecule has 0 spiro atoms. The van der Waals surface area contributed by atoms with E-state index in [1.165, 1.54) is 24.3 Å². The van der Waals surface area contributed by atoms with Crippen molar-refractivity contribution in [2.75, 3.05) is 7.11 Å². The minimum Gasteiger partial charge on any atom is -0.496 e. The molecule has 0 aliphatic carbocycles. The summed E-state index contributed by atoms with van der Waals surface area (Å²) >= 11 is 0. The summed E-state index contributed by atoms with van der Waals surface area (Å²) in [7, 11) is -1.94. The third-order valence-corrected chi connectivity index (χ3v) is 5.18. The second-order valence-corrected chi connectivity index (χ2v) is 7.45. The van der Waals surface area contributed by atoms with Gasteiger partial charge in [-0.3, -0.25) is 0 Å². The van der Waals surface area contributed by atoms with Crippen LogP contribution in [-0.2, 0) is 15.8 Å². The van der Waals surface area contributed by atoms with Crippen LogP contribution in [0.4, 0.5) is 4.39 Å². The summed E-state index contributed by atoms with van der Waals surface area (Å²) in [5, 5.41) is 0. The maximum atomic E-state index is 12.9. The fraction of sp³-hybridized carbons (Fsp3) is 0.333. The molecule has 0 aromatic heterocycles. The Kier molecular flexibility index (Phi) is 5.96. The van der Waals surface area contributed by atoms with E-state index in [4.69, 9.17) is 4.74 Å². The van der Waals surface area contributed by atoms with Crippen LogP contribution in [-0.4, -0.2) is 15.5 Å². The summed E-state index contributed by atoms with van der Waals surface area (Å²) in [4.78, 5) is 0. The Bertz CT molecular complexity index is 788. The molecule has 2 rings (SSSR count). The highest BCUT2D eigenvalue weighted by atomic mass is 32.2. The number of ether oxygens (including phenoxy) is 1. The Balaban J connectivity index is 2.16. The van der Waals surface area contributed by atoms with Gasteiger partial charge in [0, 0.05) is 6.04 Å². The molecular weight excluding hydrogens is 329 g/mol. The maximum Gasteiger partial charge on any atom is 0.216 e. The molecule has 0 fully saturated rings. The largest absolute Gasteiger partial charge is 0.496 e. The molecule has 24 heavy (non-hydrogen) atoms. The Morgan fingerprint density at radius 1 is 1.17 bits per heavy atom. The molecule has 1 N–H and O–H groups in total. The van der Waals surface area contributed by atoms with Gasteiger partial charge in [-0.1, -0.05) is 31.2 Å². The summed E-state index contributed by atoms with van der Waals surface area (Å²) < 4.78 is 45.7. The van der Waals surface area contributed by atoms with Gasteiger partial charge in [-0.05, 0) is 48.2 Å². The lowest BCUT2D eigenvalue weighted by Crippen LogP contribution is -2.29. The van der Waals surface area contributed by atoms with E-state index in [0.29, 0.717) is 12.0 Å². The topological polar surface area (TPSA) is 55.4 Å². The van der Waals surface area contributed by atoms with Crippen molar-refractivity contribution in [3.63, 3.8) is 0 Å². The number of methoxy groups -OCH3 is 1. The van der Waals surface area contributed by atoms with Gasteiger partial charge in [-0.25, -0.2) is 17.5 Å². The lowest BCUT2D eigenvalue weighted by molar-refractivity contribution is 0.411. The highest BCUT2D eigenvalue weighted by Crippen LogP contribution is 2.25. The van der Waals surface area contributed by atoms with Crippen molar-refractivity contribution >= 4 is 10.0 Å². The molecular formula is C18H22FNO3S. The van der Waals surface area contributed by atoms with E-state index in [1.807, 2.05) is 32.0 Å². The van der Waals surface area contributed by atoms with E-state index in [0.717, 1.165) is 16.9 Å². The molecule has 0 amide bonds. The van der Waals surface area contributed by atoms with Gasteiger partial charge in [0.05, 0.1) is 12.9 Å². The molecule has 0 radical (unpaired) electrons. The van der Waals surface area contributed by atoms with Crippen LogP contribution in [0.2, 0.25) is 0 Å².